The Labute approximate surface area is 157 Å². The first-order valence-electron chi connectivity index (χ1n) is 8.30. The summed E-state index contributed by atoms with van der Waals surface area (Å²) < 4.78 is 7.58. The summed E-state index contributed by atoms with van der Waals surface area (Å²) in [5.74, 6) is 0.797. The average molecular weight is 361 g/mol. The molecule has 3 aromatic carbocycles. The van der Waals surface area contributed by atoms with Crippen molar-refractivity contribution in [3.8, 4) is 33.8 Å². The van der Waals surface area contributed by atoms with Gasteiger partial charge in [0.25, 0.3) is 0 Å². The van der Waals surface area contributed by atoms with Crippen LogP contribution in [-0.4, -0.2) is 16.9 Å². The van der Waals surface area contributed by atoms with E-state index in [2.05, 4.69) is 17.2 Å². The zero-order valence-electron chi connectivity index (χ0n) is 14.3. The summed E-state index contributed by atoms with van der Waals surface area (Å²) in [6, 6.07) is 26.0. The molecule has 0 bridgehead atoms. The summed E-state index contributed by atoms with van der Waals surface area (Å²) >= 11 is 6.14. The lowest BCUT2D eigenvalue weighted by Crippen LogP contribution is -1.99. The molecule has 0 amide bonds. The number of methoxy groups -OCH3 is 1. The molecule has 4 rings (SSSR count). The van der Waals surface area contributed by atoms with E-state index in [0.29, 0.717) is 5.02 Å². The summed E-state index contributed by atoms with van der Waals surface area (Å²) in [5.41, 5.74) is 5.09. The average Bonchev–Trinajstić information content (AvgIpc) is 3.18. The van der Waals surface area contributed by atoms with E-state index < -0.39 is 0 Å². The fourth-order valence-corrected chi connectivity index (χ4v) is 3.23. The standard InChI is InChI=1S/C22H17ClN2O/c1-26-22-15-17(10-11-20(22)16-6-5-7-18(23)14-16)21-12-13-24-25(21)19-8-3-2-4-9-19/h2-15H,1H3. The number of hydrogen-bond donors (Lipinski definition) is 0. The second-order valence-electron chi connectivity index (χ2n) is 5.89. The fraction of sp³-hybridized carbons (Fsp3) is 0.0455. The summed E-state index contributed by atoms with van der Waals surface area (Å²) in [5, 5.41) is 5.17. The lowest BCUT2D eigenvalue weighted by Gasteiger charge is -2.13. The maximum Gasteiger partial charge on any atom is 0.127 e. The number of aromatic nitrogens is 2. The van der Waals surface area contributed by atoms with E-state index in [0.717, 1.165) is 33.8 Å². The van der Waals surface area contributed by atoms with Crippen LogP contribution in [0.5, 0.6) is 5.75 Å². The summed E-state index contributed by atoms with van der Waals surface area (Å²) in [6.45, 7) is 0. The van der Waals surface area contributed by atoms with E-state index in [-0.39, 0.29) is 0 Å². The lowest BCUT2D eigenvalue weighted by atomic mass is 10.0. The molecule has 0 aliphatic heterocycles. The van der Waals surface area contributed by atoms with Crippen LogP contribution in [0.4, 0.5) is 0 Å². The van der Waals surface area contributed by atoms with E-state index in [1.165, 1.54) is 0 Å². The first-order valence-corrected chi connectivity index (χ1v) is 8.68. The number of nitrogens with zero attached hydrogens (tertiary/aromatic N) is 2. The van der Waals surface area contributed by atoms with Gasteiger partial charge in [0.15, 0.2) is 0 Å². The third kappa shape index (κ3) is 3.09. The van der Waals surface area contributed by atoms with Gasteiger partial charge in [0.1, 0.15) is 5.75 Å². The predicted octanol–water partition coefficient (Wildman–Crippen LogP) is 5.87. The molecule has 128 valence electrons. The van der Waals surface area contributed by atoms with Crippen LogP contribution in [0, 0.1) is 0 Å². The van der Waals surface area contributed by atoms with Crippen molar-refractivity contribution in [2.45, 2.75) is 0 Å². The summed E-state index contributed by atoms with van der Waals surface area (Å²) in [4.78, 5) is 0. The largest absolute Gasteiger partial charge is 0.496 e. The minimum Gasteiger partial charge on any atom is -0.496 e. The van der Waals surface area contributed by atoms with Gasteiger partial charge in [-0.15, -0.1) is 0 Å². The van der Waals surface area contributed by atoms with Crippen LogP contribution in [0.3, 0.4) is 0 Å². The van der Waals surface area contributed by atoms with Crippen LogP contribution in [-0.2, 0) is 0 Å². The highest BCUT2D eigenvalue weighted by Gasteiger charge is 2.12. The third-order valence-electron chi connectivity index (χ3n) is 4.28. The first-order chi connectivity index (χ1) is 12.8. The molecule has 0 atom stereocenters. The molecule has 1 heterocycles. The normalized spacial score (nSPS) is 10.7. The maximum atomic E-state index is 6.14. The number of hydrogen-bond acceptors (Lipinski definition) is 2. The van der Waals surface area contributed by atoms with Crippen molar-refractivity contribution < 1.29 is 4.74 Å². The van der Waals surface area contributed by atoms with Crippen molar-refractivity contribution in [3.05, 3.63) is 90.1 Å². The molecule has 0 fully saturated rings. The van der Waals surface area contributed by atoms with E-state index in [9.17, 15) is 0 Å². The van der Waals surface area contributed by atoms with Crippen molar-refractivity contribution in [2.24, 2.45) is 0 Å². The molecule has 0 N–H and O–H groups in total. The van der Waals surface area contributed by atoms with Crippen LogP contribution < -0.4 is 4.74 Å². The summed E-state index contributed by atoms with van der Waals surface area (Å²) in [6.07, 6.45) is 1.81. The van der Waals surface area contributed by atoms with E-state index in [1.54, 1.807) is 13.3 Å². The minimum atomic E-state index is 0.704. The van der Waals surface area contributed by atoms with Gasteiger partial charge in [-0.3, -0.25) is 0 Å². The molecule has 0 aliphatic rings. The highest BCUT2D eigenvalue weighted by molar-refractivity contribution is 6.30. The van der Waals surface area contributed by atoms with E-state index >= 15 is 0 Å². The van der Waals surface area contributed by atoms with Crippen LogP contribution >= 0.6 is 11.6 Å². The molecule has 0 unspecified atom stereocenters. The molecular weight excluding hydrogens is 344 g/mol. The van der Waals surface area contributed by atoms with Gasteiger partial charge in [0.2, 0.25) is 0 Å². The number of benzene rings is 3. The van der Waals surface area contributed by atoms with Gasteiger partial charge in [0, 0.05) is 16.1 Å². The first kappa shape index (κ1) is 16.4. The molecule has 4 heteroatoms. The Hall–Kier alpha value is -3.04. The number of rotatable bonds is 4. The number of ether oxygens (including phenoxy) is 1. The monoisotopic (exact) mass is 360 g/mol. The second-order valence-corrected chi connectivity index (χ2v) is 6.33. The molecule has 0 saturated heterocycles. The van der Waals surface area contributed by atoms with Crippen molar-refractivity contribution in [3.63, 3.8) is 0 Å². The fourth-order valence-electron chi connectivity index (χ4n) is 3.04. The van der Waals surface area contributed by atoms with Gasteiger partial charge in [-0.2, -0.15) is 5.10 Å². The Morgan fingerprint density at radius 1 is 0.846 bits per heavy atom. The molecule has 0 radical (unpaired) electrons. The van der Waals surface area contributed by atoms with Gasteiger partial charge in [-0.25, -0.2) is 4.68 Å². The molecule has 0 spiro atoms. The number of halogens is 1. The SMILES string of the molecule is COc1cc(-c2ccnn2-c2ccccc2)ccc1-c1cccc(Cl)c1. The predicted molar refractivity (Wildman–Crippen MR) is 106 cm³/mol. The van der Waals surface area contributed by atoms with E-state index in [1.807, 2.05) is 71.4 Å². The van der Waals surface area contributed by atoms with Crippen LogP contribution in [0.1, 0.15) is 0 Å². The maximum absolute atomic E-state index is 6.14. The molecule has 0 saturated carbocycles. The zero-order chi connectivity index (χ0) is 17.9. The van der Waals surface area contributed by atoms with E-state index in [4.69, 9.17) is 16.3 Å². The second kappa shape index (κ2) is 7.06. The summed E-state index contributed by atoms with van der Waals surface area (Å²) in [7, 11) is 1.68. The molecule has 1 aromatic heterocycles. The smallest absolute Gasteiger partial charge is 0.127 e. The Kier molecular flexibility index (Phi) is 4.46. The lowest BCUT2D eigenvalue weighted by molar-refractivity contribution is 0.416. The van der Waals surface area contributed by atoms with Crippen molar-refractivity contribution in [1.29, 1.82) is 0 Å². The van der Waals surface area contributed by atoms with Gasteiger partial charge in [-0.1, -0.05) is 48.0 Å². The van der Waals surface area contributed by atoms with Gasteiger partial charge in [-0.05, 0) is 48.0 Å². The Balaban J connectivity index is 1.80. The molecule has 4 aromatic rings. The van der Waals surface area contributed by atoms with Gasteiger partial charge in [0.05, 0.1) is 24.7 Å². The Bertz CT molecular complexity index is 1040. The molecule has 0 aliphatic carbocycles. The minimum absolute atomic E-state index is 0.704. The molecular formula is C22H17ClN2O. The molecule has 26 heavy (non-hydrogen) atoms. The van der Waals surface area contributed by atoms with Crippen LogP contribution in [0.15, 0.2) is 85.1 Å². The highest BCUT2D eigenvalue weighted by atomic mass is 35.5. The van der Waals surface area contributed by atoms with Crippen molar-refractivity contribution >= 4 is 11.6 Å². The van der Waals surface area contributed by atoms with Crippen molar-refractivity contribution in [1.82, 2.24) is 9.78 Å². The zero-order valence-corrected chi connectivity index (χ0v) is 15.0. The third-order valence-corrected chi connectivity index (χ3v) is 4.51. The highest BCUT2D eigenvalue weighted by Crippen LogP contribution is 2.35. The van der Waals surface area contributed by atoms with Gasteiger partial charge < -0.3 is 4.74 Å². The Morgan fingerprint density at radius 2 is 1.69 bits per heavy atom. The topological polar surface area (TPSA) is 27.1 Å². The van der Waals surface area contributed by atoms with Crippen LogP contribution in [0.25, 0.3) is 28.1 Å². The van der Waals surface area contributed by atoms with Crippen molar-refractivity contribution in [2.75, 3.05) is 7.11 Å². The quantitative estimate of drug-likeness (QED) is 0.455. The Morgan fingerprint density at radius 3 is 2.46 bits per heavy atom. The molecule has 3 nitrogen and oxygen atoms in total. The van der Waals surface area contributed by atoms with Gasteiger partial charge >= 0.3 is 0 Å². The van der Waals surface area contributed by atoms with Crippen LogP contribution in [0.2, 0.25) is 5.02 Å². The number of para-hydroxylation sites is 1.